The van der Waals surface area contributed by atoms with Crippen LogP contribution in [0.25, 0.3) is 6.08 Å². The van der Waals surface area contributed by atoms with E-state index in [9.17, 15) is 4.79 Å². The van der Waals surface area contributed by atoms with Crippen molar-refractivity contribution in [1.29, 1.82) is 0 Å². The number of carbonyl (C=O) groups excluding carboxylic acids is 1. The molecule has 0 fully saturated rings. The van der Waals surface area contributed by atoms with Gasteiger partial charge in [0.15, 0.2) is 17.3 Å². The van der Waals surface area contributed by atoms with Gasteiger partial charge in [0.05, 0.1) is 39.6 Å². The van der Waals surface area contributed by atoms with E-state index in [1.807, 2.05) is 24.3 Å². The first-order valence-corrected chi connectivity index (χ1v) is 11.4. The molecule has 3 aromatic rings. The predicted molar refractivity (Wildman–Crippen MR) is 133 cm³/mol. The quantitative estimate of drug-likeness (QED) is 0.443. The highest BCUT2D eigenvalue weighted by Gasteiger charge is 2.34. The first-order valence-electron chi connectivity index (χ1n) is 11.4. The zero-order valence-corrected chi connectivity index (χ0v) is 20.6. The van der Waals surface area contributed by atoms with E-state index >= 15 is 0 Å². The van der Waals surface area contributed by atoms with Crippen molar-refractivity contribution < 1.29 is 33.2 Å². The molecule has 0 unspecified atom stereocenters. The van der Waals surface area contributed by atoms with Crippen LogP contribution in [0, 0.1) is 0 Å². The third-order valence-corrected chi connectivity index (χ3v) is 6.26. The summed E-state index contributed by atoms with van der Waals surface area (Å²) < 4.78 is 33.7. The molecule has 0 saturated heterocycles. The standard InChI is InChI=1S/C28H27NO7/c1-31-19-6-9-22(32-2)18(12-19)13-26-27(30)20-7-10-23-21(28(20)36-26)15-29(16-35-23)14-17-5-8-24(33-3)25(11-17)34-4/h5-13H,14-16H2,1-4H3/b26-13-. The number of rotatable bonds is 7. The molecule has 0 atom stereocenters. The molecule has 0 aromatic heterocycles. The lowest BCUT2D eigenvalue weighted by Crippen LogP contribution is -2.31. The maximum absolute atomic E-state index is 13.2. The maximum Gasteiger partial charge on any atom is 0.231 e. The Balaban J connectivity index is 1.41. The minimum absolute atomic E-state index is 0.185. The van der Waals surface area contributed by atoms with Crippen LogP contribution in [0.1, 0.15) is 27.0 Å². The summed E-state index contributed by atoms with van der Waals surface area (Å²) in [5.74, 6) is 3.90. The first kappa shape index (κ1) is 23.6. The molecule has 8 heteroatoms. The molecule has 2 aliphatic rings. The summed E-state index contributed by atoms with van der Waals surface area (Å²) >= 11 is 0. The van der Waals surface area contributed by atoms with E-state index in [-0.39, 0.29) is 11.5 Å². The summed E-state index contributed by atoms with van der Waals surface area (Å²) in [5.41, 5.74) is 3.09. The number of hydrogen-bond donors (Lipinski definition) is 0. The third-order valence-electron chi connectivity index (χ3n) is 6.26. The van der Waals surface area contributed by atoms with E-state index in [2.05, 4.69) is 4.90 Å². The number of allylic oxidation sites excluding steroid dienone is 1. The Morgan fingerprint density at radius 2 is 1.67 bits per heavy atom. The normalized spacial score (nSPS) is 15.6. The number of carbonyl (C=O) groups is 1. The number of nitrogens with zero attached hydrogens (tertiary/aromatic N) is 1. The van der Waals surface area contributed by atoms with Gasteiger partial charge < -0.3 is 28.4 Å². The lowest BCUT2D eigenvalue weighted by molar-refractivity contribution is 0.0872. The molecular formula is C28H27NO7. The van der Waals surface area contributed by atoms with E-state index < -0.39 is 0 Å². The van der Waals surface area contributed by atoms with Crippen molar-refractivity contribution in [3.8, 4) is 34.5 Å². The second kappa shape index (κ2) is 9.83. The van der Waals surface area contributed by atoms with Gasteiger partial charge in [-0.2, -0.15) is 0 Å². The summed E-state index contributed by atoms with van der Waals surface area (Å²) in [7, 11) is 6.40. The predicted octanol–water partition coefficient (Wildman–Crippen LogP) is 4.69. The van der Waals surface area contributed by atoms with Gasteiger partial charge >= 0.3 is 0 Å². The molecular weight excluding hydrogens is 462 g/mol. The monoisotopic (exact) mass is 489 g/mol. The Morgan fingerprint density at radius 1 is 0.889 bits per heavy atom. The second-order valence-corrected chi connectivity index (χ2v) is 8.42. The zero-order valence-electron chi connectivity index (χ0n) is 20.6. The van der Waals surface area contributed by atoms with E-state index in [1.165, 1.54) is 0 Å². The minimum Gasteiger partial charge on any atom is -0.497 e. The van der Waals surface area contributed by atoms with Crippen LogP contribution >= 0.6 is 0 Å². The van der Waals surface area contributed by atoms with Crippen LogP contribution in [0.2, 0.25) is 0 Å². The van der Waals surface area contributed by atoms with Crippen LogP contribution in [0.3, 0.4) is 0 Å². The minimum atomic E-state index is -0.185. The summed E-state index contributed by atoms with van der Waals surface area (Å²) in [6.45, 7) is 1.61. The Kier molecular flexibility index (Phi) is 6.43. The molecule has 0 radical (unpaired) electrons. The fourth-order valence-electron chi connectivity index (χ4n) is 4.44. The number of ether oxygens (including phenoxy) is 6. The molecule has 36 heavy (non-hydrogen) atoms. The van der Waals surface area contributed by atoms with Gasteiger partial charge in [0.2, 0.25) is 5.78 Å². The average Bonchev–Trinajstić information content (AvgIpc) is 3.23. The van der Waals surface area contributed by atoms with E-state index in [0.29, 0.717) is 65.4 Å². The maximum atomic E-state index is 13.2. The largest absolute Gasteiger partial charge is 0.497 e. The molecule has 0 bridgehead atoms. The summed E-state index contributed by atoms with van der Waals surface area (Å²) in [4.78, 5) is 15.3. The van der Waals surface area contributed by atoms with Crippen LogP contribution in [-0.4, -0.2) is 45.9 Å². The Labute approximate surface area is 209 Å². The molecule has 0 spiro atoms. The molecule has 5 rings (SSSR count). The van der Waals surface area contributed by atoms with Crippen molar-refractivity contribution in [3.05, 3.63) is 76.5 Å². The molecule has 0 amide bonds. The Hall–Kier alpha value is -4.17. The van der Waals surface area contributed by atoms with Crippen LogP contribution < -0.4 is 28.4 Å². The Morgan fingerprint density at radius 3 is 2.42 bits per heavy atom. The summed E-state index contributed by atoms with van der Waals surface area (Å²) in [6, 6.07) is 14.8. The van der Waals surface area contributed by atoms with Gasteiger partial charge in [-0.1, -0.05) is 6.07 Å². The summed E-state index contributed by atoms with van der Waals surface area (Å²) in [5, 5.41) is 0. The van der Waals surface area contributed by atoms with Crippen LogP contribution in [0.5, 0.6) is 34.5 Å². The highest BCUT2D eigenvalue weighted by atomic mass is 16.5. The Bertz CT molecular complexity index is 1350. The van der Waals surface area contributed by atoms with Crippen molar-refractivity contribution in [2.24, 2.45) is 0 Å². The van der Waals surface area contributed by atoms with Crippen molar-refractivity contribution in [1.82, 2.24) is 4.90 Å². The molecule has 0 aliphatic carbocycles. The van der Waals surface area contributed by atoms with Crippen molar-refractivity contribution >= 4 is 11.9 Å². The van der Waals surface area contributed by atoms with Crippen LogP contribution in [0.4, 0.5) is 0 Å². The number of ketones is 1. The SMILES string of the molecule is COc1ccc(OC)c(/C=C2\Oc3c(ccc4c3CN(Cc3ccc(OC)c(OC)c3)CO4)C2=O)c1. The van der Waals surface area contributed by atoms with E-state index in [4.69, 9.17) is 28.4 Å². The van der Waals surface area contributed by atoms with E-state index in [1.54, 1.807) is 58.8 Å². The molecule has 8 nitrogen and oxygen atoms in total. The van der Waals surface area contributed by atoms with Gasteiger partial charge in [-0.3, -0.25) is 9.69 Å². The number of methoxy groups -OCH3 is 4. The fraction of sp³-hybridized carbons (Fsp3) is 0.250. The van der Waals surface area contributed by atoms with Crippen molar-refractivity contribution in [3.63, 3.8) is 0 Å². The van der Waals surface area contributed by atoms with Crippen molar-refractivity contribution in [2.45, 2.75) is 13.1 Å². The molecule has 3 aromatic carbocycles. The lowest BCUT2D eigenvalue weighted by Gasteiger charge is -2.29. The van der Waals surface area contributed by atoms with Crippen LogP contribution in [-0.2, 0) is 13.1 Å². The summed E-state index contributed by atoms with van der Waals surface area (Å²) in [6.07, 6.45) is 1.68. The lowest BCUT2D eigenvalue weighted by atomic mass is 10.0. The highest BCUT2D eigenvalue weighted by molar-refractivity contribution is 6.15. The third kappa shape index (κ3) is 4.31. The van der Waals surface area contributed by atoms with Crippen LogP contribution in [0.15, 0.2) is 54.3 Å². The van der Waals surface area contributed by atoms with Crippen molar-refractivity contribution in [2.75, 3.05) is 35.2 Å². The number of Topliss-reactive ketones (excluding diaryl/α,β-unsaturated/α-hetero) is 1. The van der Waals surface area contributed by atoms with Gasteiger partial charge in [0, 0.05) is 18.7 Å². The van der Waals surface area contributed by atoms with Gasteiger partial charge in [0.25, 0.3) is 0 Å². The molecule has 0 N–H and O–H groups in total. The average molecular weight is 490 g/mol. The smallest absolute Gasteiger partial charge is 0.231 e. The molecule has 2 aliphatic heterocycles. The van der Waals surface area contributed by atoms with Gasteiger partial charge in [-0.25, -0.2) is 0 Å². The molecule has 186 valence electrons. The zero-order chi connectivity index (χ0) is 25.2. The number of benzene rings is 3. The molecule has 0 saturated carbocycles. The number of hydrogen-bond acceptors (Lipinski definition) is 8. The van der Waals surface area contributed by atoms with Gasteiger partial charge in [-0.05, 0) is 54.1 Å². The number of fused-ring (bicyclic) bond motifs is 3. The fourth-order valence-corrected chi connectivity index (χ4v) is 4.44. The van der Waals surface area contributed by atoms with Gasteiger partial charge in [-0.15, -0.1) is 0 Å². The van der Waals surface area contributed by atoms with Gasteiger partial charge in [0.1, 0.15) is 29.7 Å². The highest BCUT2D eigenvalue weighted by Crippen LogP contribution is 2.43. The molecule has 2 heterocycles. The van der Waals surface area contributed by atoms with E-state index in [0.717, 1.165) is 11.1 Å². The second-order valence-electron chi connectivity index (χ2n) is 8.42. The topological polar surface area (TPSA) is 75.7 Å². The first-order chi connectivity index (χ1) is 17.5.